The first-order valence-electron chi connectivity index (χ1n) is 9.70. The highest BCUT2D eigenvalue weighted by atomic mass is 16.6. The monoisotopic (exact) mass is 420 g/mol. The van der Waals surface area contributed by atoms with Crippen LogP contribution in [0.3, 0.4) is 0 Å². The molecule has 2 rings (SSSR count). The molecule has 8 heteroatoms. The smallest absolute Gasteiger partial charge is 0.334 e. The number of carbonyl (C=O) groups is 3. The second-order valence-corrected chi connectivity index (χ2v) is 7.44. The van der Waals surface area contributed by atoms with Crippen molar-refractivity contribution in [2.24, 2.45) is 5.92 Å². The second-order valence-electron chi connectivity index (χ2n) is 7.44. The fourth-order valence-electron chi connectivity index (χ4n) is 3.36. The SMILES string of the molecule is C=C1C(=O)O[C@H]2/C=C(/C)[C@@H](O)C/C=C(\COC(C)=O)C[C@@H](OC(=O)/C(C)=C/CO)[C@@H]12. The Morgan fingerprint density at radius 1 is 1.37 bits per heavy atom. The lowest BCUT2D eigenvalue weighted by Gasteiger charge is -2.28. The van der Waals surface area contributed by atoms with Crippen LogP contribution in [0.5, 0.6) is 0 Å². The van der Waals surface area contributed by atoms with Gasteiger partial charge in [0.25, 0.3) is 0 Å². The lowest BCUT2D eigenvalue weighted by atomic mass is 9.85. The molecule has 8 nitrogen and oxygen atoms in total. The number of aliphatic hydroxyl groups excluding tert-OH is 2. The minimum absolute atomic E-state index is 0.0387. The van der Waals surface area contributed by atoms with Gasteiger partial charge >= 0.3 is 17.9 Å². The highest BCUT2D eigenvalue weighted by Crippen LogP contribution is 2.36. The van der Waals surface area contributed by atoms with Crippen LogP contribution in [0.1, 0.15) is 33.6 Å². The van der Waals surface area contributed by atoms with E-state index in [1.165, 1.54) is 19.9 Å². The summed E-state index contributed by atoms with van der Waals surface area (Å²) in [6.45, 7) is 7.96. The van der Waals surface area contributed by atoms with Gasteiger partial charge in [-0.1, -0.05) is 12.7 Å². The van der Waals surface area contributed by atoms with E-state index < -0.39 is 42.1 Å². The quantitative estimate of drug-likeness (QED) is 0.297. The molecule has 1 aliphatic carbocycles. The first kappa shape index (κ1) is 23.6. The zero-order chi connectivity index (χ0) is 22.4. The third-order valence-corrected chi connectivity index (χ3v) is 5.15. The van der Waals surface area contributed by atoms with E-state index in [0.29, 0.717) is 11.1 Å². The Bertz CT molecular complexity index is 804. The van der Waals surface area contributed by atoms with Gasteiger partial charge in [-0.05, 0) is 43.6 Å². The van der Waals surface area contributed by atoms with Crippen LogP contribution >= 0.6 is 0 Å². The summed E-state index contributed by atoms with van der Waals surface area (Å²) in [5.74, 6) is -2.40. The molecular formula is C22H28O8. The van der Waals surface area contributed by atoms with Crippen molar-refractivity contribution in [1.29, 1.82) is 0 Å². The summed E-state index contributed by atoms with van der Waals surface area (Å²) in [6.07, 6.45) is 2.73. The van der Waals surface area contributed by atoms with Crippen molar-refractivity contribution in [3.63, 3.8) is 0 Å². The number of carbonyl (C=O) groups excluding carboxylic acids is 3. The van der Waals surface area contributed by atoms with Crippen LogP contribution in [0.15, 0.2) is 47.1 Å². The molecule has 0 amide bonds. The molecule has 164 valence electrons. The molecule has 0 radical (unpaired) electrons. The van der Waals surface area contributed by atoms with Crippen LogP contribution in [0.4, 0.5) is 0 Å². The third-order valence-electron chi connectivity index (χ3n) is 5.15. The maximum Gasteiger partial charge on any atom is 0.334 e. The second kappa shape index (κ2) is 10.4. The number of aliphatic hydroxyl groups is 2. The van der Waals surface area contributed by atoms with E-state index >= 15 is 0 Å². The van der Waals surface area contributed by atoms with Crippen molar-refractivity contribution in [2.75, 3.05) is 13.2 Å². The van der Waals surface area contributed by atoms with Gasteiger partial charge in [-0.25, -0.2) is 9.59 Å². The van der Waals surface area contributed by atoms with E-state index in [1.807, 2.05) is 0 Å². The van der Waals surface area contributed by atoms with Crippen molar-refractivity contribution in [1.82, 2.24) is 0 Å². The zero-order valence-electron chi connectivity index (χ0n) is 17.4. The summed E-state index contributed by atoms with van der Waals surface area (Å²) < 4.78 is 16.2. The van der Waals surface area contributed by atoms with Gasteiger partial charge in [-0.15, -0.1) is 0 Å². The molecule has 0 spiro atoms. The minimum Gasteiger partial charge on any atom is -0.461 e. The van der Waals surface area contributed by atoms with Crippen molar-refractivity contribution in [3.8, 4) is 0 Å². The summed E-state index contributed by atoms with van der Waals surface area (Å²) in [6, 6.07) is 0. The topological polar surface area (TPSA) is 119 Å². The number of ether oxygens (including phenoxy) is 3. The standard InChI is InChI=1S/C22H28O8/c1-12(7-8-23)21(26)29-19-10-16(11-28-15(4)24)5-6-17(25)13(2)9-18-20(19)14(3)22(27)30-18/h5,7,9,17-20,23,25H,3,6,8,10-11H2,1-2,4H3/b12-7+,13-9-,16-5-/t17-,18-,19+,20-/m0/s1. The number of esters is 3. The maximum atomic E-state index is 12.5. The fourth-order valence-corrected chi connectivity index (χ4v) is 3.36. The molecule has 0 aromatic rings. The number of hydrogen-bond acceptors (Lipinski definition) is 8. The molecule has 2 aliphatic rings. The molecule has 30 heavy (non-hydrogen) atoms. The third kappa shape index (κ3) is 5.90. The first-order chi connectivity index (χ1) is 14.1. The highest BCUT2D eigenvalue weighted by molar-refractivity contribution is 5.92. The minimum atomic E-state index is -0.829. The number of rotatable bonds is 5. The van der Waals surface area contributed by atoms with Gasteiger partial charge in [0.2, 0.25) is 0 Å². The summed E-state index contributed by atoms with van der Waals surface area (Å²) in [5, 5.41) is 19.4. The molecule has 0 aromatic carbocycles. The average molecular weight is 420 g/mol. The Morgan fingerprint density at radius 3 is 2.70 bits per heavy atom. The molecule has 0 unspecified atom stereocenters. The summed E-state index contributed by atoms with van der Waals surface area (Å²) in [4.78, 5) is 36.0. The van der Waals surface area contributed by atoms with Gasteiger partial charge in [0.15, 0.2) is 0 Å². The van der Waals surface area contributed by atoms with Crippen molar-refractivity contribution < 1.29 is 38.8 Å². The molecule has 1 saturated heterocycles. The summed E-state index contributed by atoms with van der Waals surface area (Å²) >= 11 is 0. The predicted octanol–water partition coefficient (Wildman–Crippen LogP) is 1.53. The molecule has 1 heterocycles. The van der Waals surface area contributed by atoms with Gasteiger partial charge in [-0.2, -0.15) is 0 Å². The van der Waals surface area contributed by atoms with Crippen molar-refractivity contribution >= 4 is 17.9 Å². The van der Waals surface area contributed by atoms with Crippen LogP contribution in [0.25, 0.3) is 0 Å². The summed E-state index contributed by atoms with van der Waals surface area (Å²) in [7, 11) is 0. The molecule has 0 aromatic heterocycles. The van der Waals surface area contributed by atoms with Crippen LogP contribution in [-0.2, 0) is 28.6 Å². The van der Waals surface area contributed by atoms with Gasteiger partial charge in [0, 0.05) is 24.5 Å². The lowest BCUT2D eigenvalue weighted by molar-refractivity contribution is -0.148. The summed E-state index contributed by atoms with van der Waals surface area (Å²) in [5.41, 5.74) is 1.60. The van der Waals surface area contributed by atoms with Gasteiger partial charge in [0.1, 0.15) is 18.8 Å². The predicted molar refractivity (Wildman–Crippen MR) is 107 cm³/mol. The zero-order valence-corrected chi connectivity index (χ0v) is 17.4. The molecule has 4 atom stereocenters. The Balaban J connectivity index is 2.44. The van der Waals surface area contributed by atoms with E-state index in [0.717, 1.165) is 0 Å². The Kier molecular flexibility index (Phi) is 8.14. The largest absolute Gasteiger partial charge is 0.461 e. The van der Waals surface area contributed by atoms with E-state index in [9.17, 15) is 19.5 Å². The molecule has 1 fully saturated rings. The molecular weight excluding hydrogens is 392 g/mol. The number of hydrogen-bond donors (Lipinski definition) is 2. The highest BCUT2D eigenvalue weighted by Gasteiger charge is 2.45. The van der Waals surface area contributed by atoms with Crippen molar-refractivity contribution in [2.45, 2.75) is 51.9 Å². The van der Waals surface area contributed by atoms with Gasteiger partial charge in [0.05, 0.1) is 18.6 Å². The van der Waals surface area contributed by atoms with Crippen LogP contribution in [0.2, 0.25) is 0 Å². The molecule has 0 saturated carbocycles. The van der Waals surface area contributed by atoms with Crippen LogP contribution in [0, 0.1) is 5.92 Å². The lowest BCUT2D eigenvalue weighted by Crippen LogP contribution is -2.34. The normalized spacial score (nSPS) is 30.9. The molecule has 0 bridgehead atoms. The first-order valence-corrected chi connectivity index (χ1v) is 9.70. The van der Waals surface area contributed by atoms with E-state index in [4.69, 9.17) is 19.3 Å². The Hall–Kier alpha value is -2.71. The Labute approximate surface area is 175 Å². The van der Waals surface area contributed by atoms with Gasteiger partial charge in [-0.3, -0.25) is 4.79 Å². The number of fused-ring (bicyclic) bond motifs is 1. The van der Waals surface area contributed by atoms with E-state index in [2.05, 4.69) is 6.58 Å². The van der Waals surface area contributed by atoms with Crippen LogP contribution in [-0.4, -0.2) is 59.6 Å². The van der Waals surface area contributed by atoms with Crippen LogP contribution < -0.4 is 0 Å². The Morgan fingerprint density at radius 2 is 2.07 bits per heavy atom. The molecule has 2 N–H and O–H groups in total. The fraction of sp³-hybridized carbons (Fsp3) is 0.500. The molecule has 1 aliphatic heterocycles. The maximum absolute atomic E-state index is 12.5. The van der Waals surface area contributed by atoms with E-state index in [-0.39, 0.29) is 37.2 Å². The van der Waals surface area contributed by atoms with Gasteiger partial charge < -0.3 is 24.4 Å². The van der Waals surface area contributed by atoms with E-state index in [1.54, 1.807) is 19.1 Å². The van der Waals surface area contributed by atoms with Crippen molar-refractivity contribution in [3.05, 3.63) is 47.1 Å². The average Bonchev–Trinajstić information content (AvgIpc) is 2.95.